The molecule has 8 nitrogen and oxygen atoms in total. The maximum atomic E-state index is 12.1. The highest BCUT2D eigenvalue weighted by Crippen LogP contribution is 2.34. The summed E-state index contributed by atoms with van der Waals surface area (Å²) in [5, 5.41) is 25.7. The smallest absolute Gasteiger partial charge is 0.315 e. The second-order valence-electron chi connectivity index (χ2n) is 11.9. The summed E-state index contributed by atoms with van der Waals surface area (Å²) >= 11 is 0. The molecule has 0 aromatic heterocycles. The number of ether oxygens (including phenoxy) is 2. The van der Waals surface area contributed by atoms with E-state index in [1.54, 1.807) is 39.8 Å². The van der Waals surface area contributed by atoms with E-state index in [9.17, 15) is 20.1 Å². The summed E-state index contributed by atoms with van der Waals surface area (Å²) in [7, 11) is 2.70. The first-order chi connectivity index (χ1) is 21.8. The molecule has 0 aliphatic rings. The fourth-order valence-corrected chi connectivity index (χ4v) is 4.91. The van der Waals surface area contributed by atoms with Crippen molar-refractivity contribution in [1.82, 2.24) is 0 Å². The Morgan fingerprint density at radius 3 is 1.20 bits per heavy atom. The molecule has 46 heavy (non-hydrogen) atoms. The Balaban J connectivity index is 0.000000250. The largest absolute Gasteiger partial charge is 0.468 e. The average molecular weight is 617 g/mol. The summed E-state index contributed by atoms with van der Waals surface area (Å²) in [5.74, 6) is -0.747. The zero-order valence-electron chi connectivity index (χ0n) is 27.6. The minimum atomic E-state index is -0.898. The second kappa shape index (κ2) is 14.9. The molecule has 0 saturated heterocycles. The van der Waals surface area contributed by atoms with Gasteiger partial charge in [0.2, 0.25) is 0 Å². The zero-order chi connectivity index (χ0) is 34.1. The summed E-state index contributed by atoms with van der Waals surface area (Å²) in [4.78, 5) is 24.1. The number of anilines is 4. The fraction of sp³-hybridized carbons (Fsp3) is 0.263. The van der Waals surface area contributed by atoms with Crippen molar-refractivity contribution in [2.24, 2.45) is 0 Å². The van der Waals surface area contributed by atoms with E-state index in [2.05, 4.69) is 22.8 Å². The highest BCUT2D eigenvalue weighted by molar-refractivity contribution is 5.85. The Kier molecular flexibility index (Phi) is 11.3. The van der Waals surface area contributed by atoms with Crippen molar-refractivity contribution in [3.8, 4) is 12.1 Å². The second-order valence-corrected chi connectivity index (χ2v) is 11.9. The van der Waals surface area contributed by atoms with Crippen LogP contribution in [-0.2, 0) is 29.9 Å². The molecule has 4 rings (SSSR count). The SMILES string of the molecule is COC(=O)C(C)(C)c1cccc(Nc2ccc(C)cc2)c1C#N.COC(=O)C(C)(C)c1cccc(Nc2ccc(C)cc2)c1C#N. The van der Waals surface area contributed by atoms with Gasteiger partial charge >= 0.3 is 11.9 Å². The van der Waals surface area contributed by atoms with Gasteiger partial charge in [-0.15, -0.1) is 0 Å². The third kappa shape index (κ3) is 7.91. The monoisotopic (exact) mass is 616 g/mol. The molecule has 0 heterocycles. The van der Waals surface area contributed by atoms with Gasteiger partial charge in [-0.1, -0.05) is 59.7 Å². The highest BCUT2D eigenvalue weighted by atomic mass is 16.5. The Morgan fingerprint density at radius 1 is 0.587 bits per heavy atom. The Labute approximate surface area is 271 Å². The standard InChI is InChI=1S/2C19H20N2O2/c2*1-13-8-10-14(11-9-13)21-17-7-5-6-16(15(17)12-20)19(2,3)18(22)23-4/h2*5-11,21H,1-4H3. The number of nitrogens with one attached hydrogen (secondary N) is 2. The molecule has 0 atom stereocenters. The first-order valence-corrected chi connectivity index (χ1v) is 14.7. The molecule has 0 unspecified atom stereocenters. The molecule has 0 aliphatic heterocycles. The Bertz CT molecular complexity index is 1640. The van der Waals surface area contributed by atoms with Crippen LogP contribution in [0.5, 0.6) is 0 Å². The third-order valence-electron chi connectivity index (χ3n) is 7.75. The van der Waals surface area contributed by atoms with Gasteiger partial charge in [0.15, 0.2) is 0 Å². The lowest BCUT2D eigenvalue weighted by atomic mass is 9.81. The van der Waals surface area contributed by atoms with Crippen molar-refractivity contribution in [1.29, 1.82) is 10.5 Å². The topological polar surface area (TPSA) is 124 Å². The molecule has 0 aliphatic carbocycles. The maximum absolute atomic E-state index is 12.1. The van der Waals surface area contributed by atoms with Crippen LogP contribution in [0.2, 0.25) is 0 Å². The van der Waals surface area contributed by atoms with Crippen LogP contribution in [0.25, 0.3) is 0 Å². The van der Waals surface area contributed by atoms with Gasteiger partial charge in [0.05, 0.1) is 47.6 Å². The van der Waals surface area contributed by atoms with E-state index in [0.717, 1.165) is 22.5 Å². The molecule has 0 bridgehead atoms. The number of aryl methyl sites for hydroxylation is 2. The molecular weight excluding hydrogens is 576 g/mol. The molecule has 0 radical (unpaired) electrons. The lowest BCUT2D eigenvalue weighted by Gasteiger charge is -2.24. The van der Waals surface area contributed by atoms with Crippen molar-refractivity contribution in [2.75, 3.05) is 24.9 Å². The van der Waals surface area contributed by atoms with Gasteiger partial charge in [-0.3, -0.25) is 9.59 Å². The van der Waals surface area contributed by atoms with E-state index in [4.69, 9.17) is 9.47 Å². The lowest BCUT2D eigenvalue weighted by molar-refractivity contribution is -0.147. The lowest BCUT2D eigenvalue weighted by Crippen LogP contribution is -2.31. The molecule has 236 valence electrons. The predicted molar refractivity (Wildman–Crippen MR) is 181 cm³/mol. The molecule has 0 saturated carbocycles. The van der Waals surface area contributed by atoms with Crippen molar-refractivity contribution >= 4 is 34.7 Å². The van der Waals surface area contributed by atoms with Gasteiger partial charge in [-0.2, -0.15) is 10.5 Å². The average Bonchev–Trinajstić information content (AvgIpc) is 3.05. The number of carbonyl (C=O) groups is 2. The molecule has 4 aromatic rings. The van der Waals surface area contributed by atoms with Crippen LogP contribution in [-0.4, -0.2) is 26.2 Å². The Morgan fingerprint density at radius 2 is 0.913 bits per heavy atom. The number of hydrogen-bond donors (Lipinski definition) is 2. The number of esters is 2. The van der Waals surface area contributed by atoms with Gasteiger partial charge in [0, 0.05) is 11.4 Å². The third-order valence-corrected chi connectivity index (χ3v) is 7.75. The van der Waals surface area contributed by atoms with Gasteiger partial charge in [0.25, 0.3) is 0 Å². The van der Waals surface area contributed by atoms with Gasteiger partial charge in [-0.05, 0) is 89.1 Å². The van der Waals surface area contributed by atoms with Crippen LogP contribution in [0, 0.1) is 36.5 Å². The molecule has 0 fully saturated rings. The van der Waals surface area contributed by atoms with Crippen LogP contribution in [0.15, 0.2) is 84.9 Å². The van der Waals surface area contributed by atoms with Gasteiger partial charge in [-0.25, -0.2) is 0 Å². The van der Waals surface area contributed by atoms with E-state index in [1.807, 2.05) is 86.6 Å². The van der Waals surface area contributed by atoms with Crippen LogP contribution < -0.4 is 10.6 Å². The molecular formula is C38H40N4O4. The first-order valence-electron chi connectivity index (χ1n) is 14.7. The number of nitrogens with zero attached hydrogens (tertiary/aromatic N) is 2. The fourth-order valence-electron chi connectivity index (χ4n) is 4.91. The maximum Gasteiger partial charge on any atom is 0.315 e. The van der Waals surface area contributed by atoms with E-state index >= 15 is 0 Å². The summed E-state index contributed by atoms with van der Waals surface area (Å²) < 4.78 is 9.74. The van der Waals surface area contributed by atoms with E-state index < -0.39 is 10.8 Å². The van der Waals surface area contributed by atoms with Crippen molar-refractivity contribution in [3.63, 3.8) is 0 Å². The normalized spacial score (nSPS) is 10.7. The summed E-state index contributed by atoms with van der Waals surface area (Å²) in [6.07, 6.45) is 0. The van der Waals surface area contributed by atoms with Crippen molar-refractivity contribution in [2.45, 2.75) is 52.4 Å². The van der Waals surface area contributed by atoms with E-state index in [-0.39, 0.29) is 11.9 Å². The molecule has 4 aromatic carbocycles. The molecule has 0 spiro atoms. The first kappa shape index (κ1) is 34.9. The summed E-state index contributed by atoms with van der Waals surface area (Å²) in [5.41, 5.74) is 5.83. The number of benzene rings is 4. The quantitative estimate of drug-likeness (QED) is 0.190. The van der Waals surface area contributed by atoms with Crippen LogP contribution in [0.4, 0.5) is 22.7 Å². The van der Waals surface area contributed by atoms with Crippen LogP contribution in [0.1, 0.15) is 61.1 Å². The minimum absolute atomic E-state index is 0.374. The van der Waals surface area contributed by atoms with Crippen molar-refractivity contribution in [3.05, 3.63) is 118 Å². The van der Waals surface area contributed by atoms with Gasteiger partial charge in [0.1, 0.15) is 12.1 Å². The highest BCUT2D eigenvalue weighted by Gasteiger charge is 2.35. The number of carbonyl (C=O) groups excluding carboxylic acids is 2. The Hall–Kier alpha value is -5.60. The number of hydrogen-bond acceptors (Lipinski definition) is 8. The minimum Gasteiger partial charge on any atom is -0.468 e. The molecule has 8 heteroatoms. The molecule has 0 amide bonds. The molecule has 2 N–H and O–H groups in total. The van der Waals surface area contributed by atoms with E-state index in [0.29, 0.717) is 33.6 Å². The summed E-state index contributed by atoms with van der Waals surface area (Å²) in [6, 6.07) is 31.1. The summed E-state index contributed by atoms with van der Waals surface area (Å²) in [6.45, 7) is 11.1. The zero-order valence-corrected chi connectivity index (χ0v) is 27.6. The van der Waals surface area contributed by atoms with Crippen molar-refractivity contribution < 1.29 is 19.1 Å². The van der Waals surface area contributed by atoms with Gasteiger partial charge < -0.3 is 20.1 Å². The van der Waals surface area contributed by atoms with Crippen LogP contribution in [0.3, 0.4) is 0 Å². The number of rotatable bonds is 8. The predicted octanol–water partition coefficient (Wildman–Crippen LogP) is 8.12. The van der Waals surface area contributed by atoms with E-state index in [1.165, 1.54) is 14.2 Å². The number of nitriles is 2. The number of methoxy groups -OCH3 is 2. The van der Waals surface area contributed by atoms with Crippen LogP contribution >= 0.6 is 0 Å².